The third-order valence-corrected chi connectivity index (χ3v) is 2.65. The van der Waals surface area contributed by atoms with E-state index in [4.69, 9.17) is 4.74 Å². The molecule has 4 heteroatoms. The molecule has 0 aromatic rings. The molecule has 4 nitrogen and oxygen atoms in total. The molecule has 1 aliphatic rings. The van der Waals surface area contributed by atoms with Crippen molar-refractivity contribution in [2.24, 2.45) is 5.92 Å². The molecule has 1 heterocycles. The molecule has 2 atom stereocenters. The average Bonchev–Trinajstić information content (AvgIpc) is 2.12. The van der Waals surface area contributed by atoms with E-state index in [1.54, 1.807) is 0 Å². The standard InChI is InChI=1S/C12H24N2O2/c1-9-5-6-13-10(7-9)8-14-11(15)16-12(2,3)4/h9-10,13H,5-8H2,1-4H3,(H,14,15)/t9-,10+/m0/s1. The molecule has 16 heavy (non-hydrogen) atoms. The summed E-state index contributed by atoms with van der Waals surface area (Å²) in [6.45, 7) is 9.55. The molecule has 0 aromatic carbocycles. The van der Waals surface area contributed by atoms with Gasteiger partial charge in [0.1, 0.15) is 5.60 Å². The van der Waals surface area contributed by atoms with Crippen molar-refractivity contribution < 1.29 is 9.53 Å². The molecular formula is C12H24N2O2. The number of rotatable bonds is 2. The fraction of sp³-hybridized carbons (Fsp3) is 0.917. The van der Waals surface area contributed by atoms with Gasteiger partial charge in [-0.05, 0) is 46.1 Å². The van der Waals surface area contributed by atoms with Crippen LogP contribution >= 0.6 is 0 Å². The van der Waals surface area contributed by atoms with Crippen LogP contribution in [-0.2, 0) is 4.74 Å². The maximum Gasteiger partial charge on any atom is 0.407 e. The summed E-state index contributed by atoms with van der Waals surface area (Å²) in [5.74, 6) is 0.742. The molecule has 1 amide bonds. The minimum atomic E-state index is -0.419. The number of carbonyl (C=O) groups excluding carboxylic acids is 1. The summed E-state index contributed by atoms with van der Waals surface area (Å²) in [7, 11) is 0. The van der Waals surface area contributed by atoms with Gasteiger partial charge in [-0.3, -0.25) is 0 Å². The zero-order valence-electron chi connectivity index (χ0n) is 10.8. The maximum atomic E-state index is 11.4. The molecule has 1 aliphatic heterocycles. The first-order chi connectivity index (χ1) is 7.37. The molecule has 2 N–H and O–H groups in total. The fourth-order valence-electron chi connectivity index (χ4n) is 1.90. The van der Waals surface area contributed by atoms with Crippen molar-refractivity contribution in [3.8, 4) is 0 Å². The Morgan fingerprint density at radius 2 is 2.19 bits per heavy atom. The molecule has 1 fully saturated rings. The molecule has 0 aliphatic carbocycles. The Labute approximate surface area is 98.1 Å². The van der Waals surface area contributed by atoms with E-state index in [1.165, 1.54) is 6.42 Å². The van der Waals surface area contributed by atoms with Crippen molar-refractivity contribution in [1.29, 1.82) is 0 Å². The summed E-state index contributed by atoms with van der Waals surface area (Å²) in [6.07, 6.45) is 2.02. The first-order valence-electron chi connectivity index (χ1n) is 6.07. The topological polar surface area (TPSA) is 50.4 Å². The molecule has 1 rings (SSSR count). The summed E-state index contributed by atoms with van der Waals surface area (Å²) in [4.78, 5) is 11.4. The molecule has 0 spiro atoms. The molecule has 0 bridgehead atoms. The monoisotopic (exact) mass is 228 g/mol. The van der Waals surface area contributed by atoms with Gasteiger partial charge in [-0.15, -0.1) is 0 Å². The van der Waals surface area contributed by atoms with Gasteiger partial charge >= 0.3 is 6.09 Å². The van der Waals surface area contributed by atoms with Crippen LogP contribution in [0.15, 0.2) is 0 Å². The Morgan fingerprint density at radius 3 is 2.75 bits per heavy atom. The van der Waals surface area contributed by atoms with Gasteiger partial charge in [-0.25, -0.2) is 4.79 Å². The highest BCUT2D eigenvalue weighted by atomic mass is 16.6. The van der Waals surface area contributed by atoms with Crippen LogP contribution in [0.5, 0.6) is 0 Å². The molecule has 0 aromatic heterocycles. The second-order valence-corrected chi connectivity index (χ2v) is 5.66. The first-order valence-corrected chi connectivity index (χ1v) is 6.07. The van der Waals surface area contributed by atoms with E-state index in [1.807, 2.05) is 20.8 Å². The molecule has 1 saturated heterocycles. The van der Waals surface area contributed by atoms with Crippen molar-refractivity contribution in [3.63, 3.8) is 0 Å². The highest BCUT2D eigenvalue weighted by Gasteiger charge is 2.20. The third-order valence-electron chi connectivity index (χ3n) is 2.65. The van der Waals surface area contributed by atoms with Crippen LogP contribution in [0, 0.1) is 5.92 Å². The van der Waals surface area contributed by atoms with E-state index in [9.17, 15) is 4.79 Å². The Kier molecular flexibility index (Phi) is 4.59. The molecule has 94 valence electrons. The largest absolute Gasteiger partial charge is 0.444 e. The average molecular weight is 228 g/mol. The van der Waals surface area contributed by atoms with E-state index in [0.29, 0.717) is 12.6 Å². The van der Waals surface area contributed by atoms with Gasteiger partial charge in [-0.1, -0.05) is 6.92 Å². The van der Waals surface area contributed by atoms with Crippen molar-refractivity contribution in [2.45, 2.75) is 52.2 Å². The lowest BCUT2D eigenvalue weighted by Gasteiger charge is -2.28. The number of carbonyl (C=O) groups is 1. The smallest absolute Gasteiger partial charge is 0.407 e. The minimum Gasteiger partial charge on any atom is -0.444 e. The Balaban J connectivity index is 2.21. The van der Waals surface area contributed by atoms with Crippen molar-refractivity contribution in [2.75, 3.05) is 13.1 Å². The zero-order valence-corrected chi connectivity index (χ0v) is 10.8. The predicted molar refractivity (Wildman–Crippen MR) is 64.4 cm³/mol. The number of piperidine rings is 1. The van der Waals surface area contributed by atoms with Crippen molar-refractivity contribution in [3.05, 3.63) is 0 Å². The van der Waals surface area contributed by atoms with Crippen LogP contribution in [0.3, 0.4) is 0 Å². The maximum absolute atomic E-state index is 11.4. The summed E-state index contributed by atoms with van der Waals surface area (Å²) >= 11 is 0. The molecular weight excluding hydrogens is 204 g/mol. The van der Waals surface area contributed by atoms with Crippen LogP contribution < -0.4 is 10.6 Å². The van der Waals surface area contributed by atoms with Gasteiger partial charge in [0.15, 0.2) is 0 Å². The Hall–Kier alpha value is -0.770. The van der Waals surface area contributed by atoms with E-state index < -0.39 is 5.60 Å². The van der Waals surface area contributed by atoms with Crippen molar-refractivity contribution >= 4 is 6.09 Å². The second kappa shape index (κ2) is 5.53. The SMILES string of the molecule is C[C@H]1CCN[C@@H](CNC(=O)OC(C)(C)C)C1. The Bertz CT molecular complexity index is 236. The summed E-state index contributed by atoms with van der Waals surface area (Å²) < 4.78 is 5.18. The fourth-order valence-corrected chi connectivity index (χ4v) is 1.90. The van der Waals surface area contributed by atoms with Gasteiger partial charge in [0.25, 0.3) is 0 Å². The summed E-state index contributed by atoms with van der Waals surface area (Å²) in [6, 6.07) is 0.385. The minimum absolute atomic E-state index is 0.326. The van der Waals surface area contributed by atoms with E-state index >= 15 is 0 Å². The van der Waals surface area contributed by atoms with Gasteiger partial charge in [0.05, 0.1) is 0 Å². The molecule has 0 unspecified atom stereocenters. The normalized spacial score (nSPS) is 26.2. The Morgan fingerprint density at radius 1 is 1.50 bits per heavy atom. The van der Waals surface area contributed by atoms with E-state index in [0.717, 1.165) is 18.9 Å². The molecule has 0 radical (unpaired) electrons. The zero-order chi connectivity index (χ0) is 12.2. The van der Waals surface area contributed by atoms with Gasteiger partial charge < -0.3 is 15.4 Å². The number of ether oxygens (including phenoxy) is 1. The number of alkyl carbamates (subject to hydrolysis) is 1. The predicted octanol–water partition coefficient (Wildman–Crippen LogP) is 1.90. The number of hydrogen-bond acceptors (Lipinski definition) is 3. The lowest BCUT2D eigenvalue weighted by molar-refractivity contribution is 0.0519. The van der Waals surface area contributed by atoms with E-state index in [-0.39, 0.29) is 6.09 Å². The van der Waals surface area contributed by atoms with Crippen LogP contribution in [0.1, 0.15) is 40.5 Å². The lowest BCUT2D eigenvalue weighted by Crippen LogP contribution is -2.46. The van der Waals surface area contributed by atoms with Crippen molar-refractivity contribution in [1.82, 2.24) is 10.6 Å². The van der Waals surface area contributed by atoms with E-state index in [2.05, 4.69) is 17.6 Å². The third kappa shape index (κ3) is 5.35. The number of amides is 1. The second-order valence-electron chi connectivity index (χ2n) is 5.66. The van der Waals surface area contributed by atoms with Crippen LogP contribution in [0.25, 0.3) is 0 Å². The van der Waals surface area contributed by atoms with Crippen LogP contribution in [0.4, 0.5) is 4.79 Å². The number of hydrogen-bond donors (Lipinski definition) is 2. The quantitative estimate of drug-likeness (QED) is 0.759. The first kappa shape index (κ1) is 13.3. The number of nitrogens with one attached hydrogen (secondary N) is 2. The summed E-state index contributed by atoms with van der Waals surface area (Å²) in [5.41, 5.74) is -0.419. The summed E-state index contributed by atoms with van der Waals surface area (Å²) in [5, 5.41) is 6.20. The van der Waals surface area contributed by atoms with Crippen LogP contribution in [0.2, 0.25) is 0 Å². The molecule has 0 saturated carbocycles. The van der Waals surface area contributed by atoms with Crippen LogP contribution in [-0.4, -0.2) is 30.8 Å². The lowest BCUT2D eigenvalue weighted by atomic mass is 9.94. The van der Waals surface area contributed by atoms with Gasteiger partial charge in [0, 0.05) is 12.6 Å². The highest BCUT2D eigenvalue weighted by Crippen LogP contribution is 2.14. The van der Waals surface area contributed by atoms with Gasteiger partial charge in [0.2, 0.25) is 0 Å². The van der Waals surface area contributed by atoms with Gasteiger partial charge in [-0.2, -0.15) is 0 Å². The highest BCUT2D eigenvalue weighted by molar-refractivity contribution is 5.67.